The van der Waals surface area contributed by atoms with E-state index in [0.717, 1.165) is 29.7 Å². The Hall–Kier alpha value is -2.78. The van der Waals surface area contributed by atoms with Crippen molar-refractivity contribution in [1.82, 2.24) is 9.62 Å². The quantitative estimate of drug-likeness (QED) is 0.661. The zero-order valence-electron chi connectivity index (χ0n) is 19.7. The molecule has 7 nitrogen and oxygen atoms in total. The molecule has 1 N–H and O–H groups in total. The third-order valence-electron chi connectivity index (χ3n) is 7.20. The molecule has 0 aromatic heterocycles. The van der Waals surface area contributed by atoms with Crippen molar-refractivity contribution in [3.8, 4) is 0 Å². The Morgan fingerprint density at radius 3 is 2.51 bits per heavy atom. The number of fused-ring (bicyclic) bond motifs is 1. The minimum absolute atomic E-state index is 0.0141. The van der Waals surface area contributed by atoms with Crippen LogP contribution in [0, 0.1) is 17.7 Å². The standard InChI is InChI=1S/C26H30FN3O4S/c1-17-13-21-14-23(10-11-24(21)30(17)26(32)19-6-7-19)35(33,34)29-12-2-3-20(16-29)25(31)28-15-18-4-8-22(27)9-5-18/h4-5,8-11,14,17,19-20H,2-3,6-7,12-13,15-16H2,1H3,(H,28,31)/t17-,20+/m0/s1. The van der Waals surface area contributed by atoms with Crippen molar-refractivity contribution in [2.45, 2.75) is 56.5 Å². The van der Waals surface area contributed by atoms with E-state index < -0.39 is 15.9 Å². The van der Waals surface area contributed by atoms with Gasteiger partial charge in [-0.2, -0.15) is 4.31 Å². The topological polar surface area (TPSA) is 86.8 Å². The van der Waals surface area contributed by atoms with Gasteiger partial charge in [-0.05, 0) is 80.5 Å². The highest BCUT2D eigenvalue weighted by Gasteiger charge is 2.40. The van der Waals surface area contributed by atoms with Gasteiger partial charge in [-0.3, -0.25) is 9.59 Å². The Labute approximate surface area is 205 Å². The number of rotatable bonds is 6. The summed E-state index contributed by atoms with van der Waals surface area (Å²) in [6.07, 6.45) is 3.70. The molecule has 0 unspecified atom stereocenters. The number of piperidine rings is 1. The maximum atomic E-state index is 13.5. The SMILES string of the molecule is C[C@H]1Cc2cc(S(=O)(=O)N3CCC[C@@H](C(=O)NCc4ccc(F)cc4)C3)ccc2N1C(=O)C1CC1. The van der Waals surface area contributed by atoms with E-state index in [2.05, 4.69) is 5.32 Å². The zero-order valence-corrected chi connectivity index (χ0v) is 20.6. The summed E-state index contributed by atoms with van der Waals surface area (Å²) in [4.78, 5) is 27.5. The van der Waals surface area contributed by atoms with Gasteiger partial charge in [0.15, 0.2) is 0 Å². The molecule has 1 aliphatic carbocycles. The van der Waals surface area contributed by atoms with Crippen LogP contribution >= 0.6 is 0 Å². The van der Waals surface area contributed by atoms with Gasteiger partial charge in [0.25, 0.3) is 0 Å². The first-order valence-corrected chi connectivity index (χ1v) is 13.7. The van der Waals surface area contributed by atoms with Gasteiger partial charge in [-0.1, -0.05) is 12.1 Å². The van der Waals surface area contributed by atoms with Crippen LogP contribution in [-0.4, -0.2) is 43.7 Å². The molecule has 0 bridgehead atoms. The number of carbonyl (C=O) groups excluding carboxylic acids is 2. The van der Waals surface area contributed by atoms with Crippen molar-refractivity contribution in [3.05, 3.63) is 59.4 Å². The predicted octanol–water partition coefficient (Wildman–Crippen LogP) is 3.23. The number of benzene rings is 2. The normalized spacial score (nSPS) is 22.6. The number of carbonyl (C=O) groups is 2. The summed E-state index contributed by atoms with van der Waals surface area (Å²) < 4.78 is 41.4. The Morgan fingerprint density at radius 1 is 1.06 bits per heavy atom. The van der Waals surface area contributed by atoms with Crippen LogP contribution in [0.2, 0.25) is 0 Å². The first-order valence-electron chi connectivity index (χ1n) is 12.2. The van der Waals surface area contributed by atoms with Crippen LogP contribution in [0.4, 0.5) is 10.1 Å². The molecule has 1 saturated heterocycles. The van der Waals surface area contributed by atoms with Gasteiger partial charge in [0, 0.05) is 37.3 Å². The van der Waals surface area contributed by atoms with E-state index in [1.54, 1.807) is 30.3 Å². The van der Waals surface area contributed by atoms with Crippen molar-refractivity contribution in [2.75, 3.05) is 18.0 Å². The molecule has 0 spiro atoms. The fourth-order valence-corrected chi connectivity index (χ4v) is 6.67. The molecule has 2 amide bonds. The van der Waals surface area contributed by atoms with Crippen molar-refractivity contribution in [2.24, 2.45) is 11.8 Å². The molecule has 3 aliphatic rings. The molecular formula is C26H30FN3O4S. The lowest BCUT2D eigenvalue weighted by molar-refractivity contribution is -0.126. The Kier molecular flexibility index (Phi) is 6.40. The third-order valence-corrected chi connectivity index (χ3v) is 9.06. The number of nitrogens with zero attached hydrogens (tertiary/aromatic N) is 2. The average molecular weight is 500 g/mol. The molecule has 2 aliphatic heterocycles. The summed E-state index contributed by atoms with van der Waals surface area (Å²) in [6.45, 7) is 2.75. The van der Waals surface area contributed by atoms with Crippen LogP contribution < -0.4 is 10.2 Å². The van der Waals surface area contributed by atoms with Crippen LogP contribution in [0.1, 0.15) is 43.7 Å². The summed E-state index contributed by atoms with van der Waals surface area (Å²) in [5.74, 6) is -0.744. The fourth-order valence-electron chi connectivity index (χ4n) is 5.09. The molecule has 2 heterocycles. The van der Waals surface area contributed by atoms with Gasteiger partial charge >= 0.3 is 0 Å². The highest BCUT2D eigenvalue weighted by atomic mass is 32.2. The number of amides is 2. The number of halogens is 1. The van der Waals surface area contributed by atoms with Gasteiger partial charge in [-0.15, -0.1) is 0 Å². The van der Waals surface area contributed by atoms with Crippen LogP contribution in [0.5, 0.6) is 0 Å². The predicted molar refractivity (Wildman–Crippen MR) is 130 cm³/mol. The largest absolute Gasteiger partial charge is 0.352 e. The first kappa shape index (κ1) is 23.9. The number of hydrogen-bond donors (Lipinski definition) is 1. The molecule has 2 atom stereocenters. The zero-order chi connectivity index (χ0) is 24.7. The lowest BCUT2D eigenvalue weighted by Crippen LogP contribution is -2.45. The summed E-state index contributed by atoms with van der Waals surface area (Å²) in [5, 5.41) is 2.85. The molecule has 0 radical (unpaired) electrons. The number of sulfonamides is 1. The van der Waals surface area contributed by atoms with Gasteiger partial charge in [0.05, 0.1) is 10.8 Å². The molecule has 1 saturated carbocycles. The summed E-state index contributed by atoms with van der Waals surface area (Å²) in [7, 11) is -3.77. The smallest absolute Gasteiger partial charge is 0.243 e. The molecule has 186 valence electrons. The fraction of sp³-hybridized carbons (Fsp3) is 0.462. The Balaban J connectivity index is 1.27. The molecule has 2 aromatic carbocycles. The van der Waals surface area contributed by atoms with Gasteiger partial charge in [0.2, 0.25) is 21.8 Å². The van der Waals surface area contributed by atoms with Gasteiger partial charge < -0.3 is 10.2 Å². The van der Waals surface area contributed by atoms with Crippen molar-refractivity contribution in [3.63, 3.8) is 0 Å². The van der Waals surface area contributed by atoms with E-state index in [9.17, 15) is 22.4 Å². The molecule has 2 fully saturated rings. The molecule has 35 heavy (non-hydrogen) atoms. The molecular weight excluding hydrogens is 469 g/mol. The summed E-state index contributed by atoms with van der Waals surface area (Å²) in [5.41, 5.74) is 2.46. The lowest BCUT2D eigenvalue weighted by Gasteiger charge is -2.31. The maximum Gasteiger partial charge on any atom is 0.243 e. The molecule has 2 aromatic rings. The van der Waals surface area contributed by atoms with Crippen LogP contribution in [-0.2, 0) is 32.6 Å². The van der Waals surface area contributed by atoms with Crippen molar-refractivity contribution >= 4 is 27.5 Å². The lowest BCUT2D eigenvalue weighted by atomic mass is 9.99. The summed E-state index contributed by atoms with van der Waals surface area (Å²) >= 11 is 0. The first-order chi connectivity index (χ1) is 16.7. The van der Waals surface area contributed by atoms with E-state index in [0.29, 0.717) is 25.8 Å². The van der Waals surface area contributed by atoms with Crippen molar-refractivity contribution in [1.29, 1.82) is 0 Å². The minimum Gasteiger partial charge on any atom is -0.352 e. The van der Waals surface area contributed by atoms with Gasteiger partial charge in [-0.25, -0.2) is 12.8 Å². The second-order valence-corrected chi connectivity index (χ2v) is 11.8. The van der Waals surface area contributed by atoms with E-state index in [1.807, 2.05) is 11.8 Å². The second kappa shape index (κ2) is 9.35. The Bertz CT molecular complexity index is 1240. The Morgan fingerprint density at radius 2 is 1.80 bits per heavy atom. The van der Waals surface area contributed by atoms with Crippen molar-refractivity contribution < 1.29 is 22.4 Å². The minimum atomic E-state index is -3.77. The monoisotopic (exact) mass is 499 g/mol. The van der Waals surface area contributed by atoms with Gasteiger partial charge in [0.1, 0.15) is 5.82 Å². The third kappa shape index (κ3) is 4.84. The van der Waals surface area contributed by atoms with E-state index >= 15 is 0 Å². The van der Waals surface area contributed by atoms with E-state index in [-0.39, 0.29) is 47.6 Å². The summed E-state index contributed by atoms with van der Waals surface area (Å²) in [6, 6.07) is 11.0. The second-order valence-electron chi connectivity index (χ2n) is 9.87. The number of anilines is 1. The van der Waals surface area contributed by atoms with E-state index in [1.165, 1.54) is 16.4 Å². The van der Waals surface area contributed by atoms with E-state index in [4.69, 9.17) is 0 Å². The molecule has 9 heteroatoms. The van der Waals surface area contributed by atoms with Crippen LogP contribution in [0.15, 0.2) is 47.4 Å². The number of hydrogen-bond acceptors (Lipinski definition) is 4. The highest BCUT2D eigenvalue weighted by Crippen LogP contribution is 2.40. The highest BCUT2D eigenvalue weighted by molar-refractivity contribution is 7.89. The average Bonchev–Trinajstić information content (AvgIpc) is 3.65. The van der Waals surface area contributed by atoms with Crippen LogP contribution in [0.25, 0.3) is 0 Å². The maximum absolute atomic E-state index is 13.5. The molecule has 5 rings (SSSR count). The number of nitrogens with one attached hydrogen (secondary N) is 1. The van der Waals surface area contributed by atoms with Crippen LogP contribution in [0.3, 0.4) is 0 Å².